The van der Waals surface area contributed by atoms with E-state index < -0.39 is 0 Å². The second-order valence-electron chi connectivity index (χ2n) is 4.98. The molecular weight excluding hydrogens is 328 g/mol. The fourth-order valence-electron chi connectivity index (χ4n) is 2.07. The van der Waals surface area contributed by atoms with Gasteiger partial charge in [-0.15, -0.1) is 0 Å². The van der Waals surface area contributed by atoms with Crippen LogP contribution in [0.4, 0.5) is 0 Å². The van der Waals surface area contributed by atoms with Crippen LogP contribution in [0.15, 0.2) is 47.2 Å². The summed E-state index contributed by atoms with van der Waals surface area (Å²) >= 11 is 3.52. The Hall–Kier alpha value is -1.39. The molecule has 0 spiro atoms. The summed E-state index contributed by atoms with van der Waals surface area (Å²) in [6, 6.07) is 10.5. The number of halogens is 1. The molecule has 0 unspecified atom stereocenters. The van der Waals surface area contributed by atoms with Gasteiger partial charge in [0, 0.05) is 35.0 Å². The molecule has 0 radical (unpaired) electrons. The highest BCUT2D eigenvalue weighted by molar-refractivity contribution is 9.10. The number of hydrogen-bond donors (Lipinski definition) is 1. The van der Waals surface area contributed by atoms with Gasteiger partial charge in [-0.3, -0.25) is 4.98 Å². The molecule has 0 saturated carbocycles. The first kappa shape index (κ1) is 16.0. The third-order valence-electron chi connectivity index (χ3n) is 3.29. The average Bonchev–Trinajstić information content (AvgIpc) is 2.52. The van der Waals surface area contributed by atoms with Crippen LogP contribution in [0.5, 0.6) is 5.75 Å². The van der Waals surface area contributed by atoms with Gasteiger partial charge in [0.25, 0.3) is 0 Å². The van der Waals surface area contributed by atoms with Crippen molar-refractivity contribution in [3.05, 3.63) is 58.3 Å². The number of nitrogens with zero attached hydrogens (tertiary/aromatic N) is 1. The molecule has 1 aromatic carbocycles. The van der Waals surface area contributed by atoms with Gasteiger partial charge in [0.2, 0.25) is 0 Å². The van der Waals surface area contributed by atoms with Gasteiger partial charge in [-0.05, 0) is 49.2 Å². The molecule has 0 aliphatic rings. The van der Waals surface area contributed by atoms with Crippen LogP contribution in [-0.2, 0) is 6.54 Å². The quantitative estimate of drug-likeness (QED) is 0.800. The van der Waals surface area contributed by atoms with Crippen molar-refractivity contribution in [2.24, 2.45) is 0 Å². The van der Waals surface area contributed by atoms with E-state index in [-0.39, 0.29) is 6.04 Å². The van der Waals surface area contributed by atoms with Gasteiger partial charge in [0.1, 0.15) is 5.75 Å². The minimum absolute atomic E-state index is 0.269. The highest BCUT2D eigenvalue weighted by Crippen LogP contribution is 2.24. The SMILES string of the molecule is CCCOc1ccc(Br)cc1CN[C@@H](C)c1ccncc1. The van der Waals surface area contributed by atoms with Crippen molar-refractivity contribution in [1.82, 2.24) is 10.3 Å². The van der Waals surface area contributed by atoms with Crippen LogP contribution in [0.3, 0.4) is 0 Å². The zero-order valence-corrected chi connectivity index (χ0v) is 14.1. The predicted octanol–water partition coefficient (Wildman–Crippen LogP) is 4.48. The molecule has 0 amide bonds. The molecule has 112 valence electrons. The summed E-state index contributed by atoms with van der Waals surface area (Å²) in [7, 11) is 0. The third kappa shape index (κ3) is 4.83. The van der Waals surface area contributed by atoms with Crippen molar-refractivity contribution >= 4 is 15.9 Å². The second-order valence-corrected chi connectivity index (χ2v) is 5.90. The first-order chi connectivity index (χ1) is 10.2. The fraction of sp³-hybridized carbons (Fsp3) is 0.353. The number of benzene rings is 1. The first-order valence-electron chi connectivity index (χ1n) is 7.25. The van der Waals surface area contributed by atoms with E-state index >= 15 is 0 Å². The van der Waals surface area contributed by atoms with Gasteiger partial charge in [0.05, 0.1) is 6.61 Å². The van der Waals surface area contributed by atoms with Crippen LogP contribution in [-0.4, -0.2) is 11.6 Å². The van der Waals surface area contributed by atoms with Crippen molar-refractivity contribution in [3.63, 3.8) is 0 Å². The van der Waals surface area contributed by atoms with Gasteiger partial charge in [-0.1, -0.05) is 22.9 Å². The molecule has 0 bridgehead atoms. The molecule has 1 N–H and O–H groups in total. The molecule has 2 rings (SSSR count). The Morgan fingerprint density at radius 3 is 2.71 bits per heavy atom. The molecule has 3 nitrogen and oxygen atoms in total. The van der Waals surface area contributed by atoms with Crippen LogP contribution in [0.1, 0.15) is 37.4 Å². The van der Waals surface area contributed by atoms with Gasteiger partial charge < -0.3 is 10.1 Å². The molecule has 4 heteroatoms. The summed E-state index contributed by atoms with van der Waals surface area (Å²) < 4.78 is 6.88. The van der Waals surface area contributed by atoms with Gasteiger partial charge in [-0.25, -0.2) is 0 Å². The van der Waals surface area contributed by atoms with Gasteiger partial charge in [0.15, 0.2) is 0 Å². The summed E-state index contributed by atoms with van der Waals surface area (Å²) in [6.07, 6.45) is 4.65. The smallest absolute Gasteiger partial charge is 0.123 e. The number of pyridine rings is 1. The molecule has 2 aromatic rings. The van der Waals surface area contributed by atoms with E-state index in [4.69, 9.17) is 4.74 Å². The number of rotatable bonds is 7. The van der Waals surface area contributed by atoms with Crippen molar-refractivity contribution in [1.29, 1.82) is 0 Å². The molecule has 0 aliphatic heterocycles. The van der Waals surface area contributed by atoms with E-state index in [9.17, 15) is 0 Å². The van der Waals surface area contributed by atoms with E-state index in [0.717, 1.165) is 29.8 Å². The lowest BCUT2D eigenvalue weighted by Gasteiger charge is -2.16. The standard InChI is InChI=1S/C17H21BrN2O/c1-3-10-21-17-5-4-16(18)11-15(17)12-20-13(2)14-6-8-19-9-7-14/h4-9,11,13,20H,3,10,12H2,1-2H3/t13-/m0/s1. The topological polar surface area (TPSA) is 34.1 Å². The van der Waals surface area contributed by atoms with Crippen LogP contribution in [0, 0.1) is 0 Å². The molecular formula is C17H21BrN2O. The number of hydrogen-bond acceptors (Lipinski definition) is 3. The van der Waals surface area contributed by atoms with E-state index in [2.05, 4.69) is 46.1 Å². The number of nitrogens with one attached hydrogen (secondary N) is 1. The Bertz CT molecular complexity index is 560. The maximum absolute atomic E-state index is 5.81. The van der Waals surface area contributed by atoms with E-state index in [1.807, 2.05) is 36.7 Å². The Kier molecular flexibility index (Phi) is 6.21. The Morgan fingerprint density at radius 1 is 1.24 bits per heavy atom. The minimum atomic E-state index is 0.269. The third-order valence-corrected chi connectivity index (χ3v) is 3.78. The lowest BCUT2D eigenvalue weighted by atomic mass is 10.1. The average molecular weight is 349 g/mol. The Balaban J connectivity index is 2.03. The minimum Gasteiger partial charge on any atom is -0.493 e. The van der Waals surface area contributed by atoms with Crippen molar-refractivity contribution in [3.8, 4) is 5.75 Å². The summed E-state index contributed by atoms with van der Waals surface area (Å²) in [5.41, 5.74) is 2.40. The zero-order chi connectivity index (χ0) is 15.1. The highest BCUT2D eigenvalue weighted by atomic mass is 79.9. The maximum Gasteiger partial charge on any atom is 0.123 e. The van der Waals surface area contributed by atoms with Crippen LogP contribution in [0.2, 0.25) is 0 Å². The first-order valence-corrected chi connectivity index (χ1v) is 8.04. The van der Waals surface area contributed by atoms with Crippen molar-refractivity contribution in [2.45, 2.75) is 32.9 Å². The molecule has 1 heterocycles. The summed E-state index contributed by atoms with van der Waals surface area (Å²) in [4.78, 5) is 4.05. The van der Waals surface area contributed by atoms with E-state index in [1.54, 1.807) is 0 Å². The molecule has 1 aromatic heterocycles. The van der Waals surface area contributed by atoms with Crippen molar-refractivity contribution < 1.29 is 4.74 Å². The van der Waals surface area contributed by atoms with Crippen LogP contribution < -0.4 is 10.1 Å². The van der Waals surface area contributed by atoms with E-state index in [1.165, 1.54) is 11.1 Å². The van der Waals surface area contributed by atoms with Gasteiger partial charge >= 0.3 is 0 Å². The lowest BCUT2D eigenvalue weighted by molar-refractivity contribution is 0.313. The fourth-order valence-corrected chi connectivity index (χ4v) is 2.48. The largest absolute Gasteiger partial charge is 0.493 e. The Labute approximate surface area is 134 Å². The predicted molar refractivity (Wildman–Crippen MR) is 89.4 cm³/mol. The van der Waals surface area contributed by atoms with Gasteiger partial charge in [-0.2, -0.15) is 0 Å². The lowest BCUT2D eigenvalue weighted by Crippen LogP contribution is -2.18. The maximum atomic E-state index is 5.81. The summed E-state index contributed by atoms with van der Waals surface area (Å²) in [6.45, 7) is 5.78. The molecule has 0 fully saturated rings. The second kappa shape index (κ2) is 8.15. The van der Waals surface area contributed by atoms with Crippen LogP contribution >= 0.6 is 15.9 Å². The molecule has 0 saturated heterocycles. The normalized spacial score (nSPS) is 12.1. The Morgan fingerprint density at radius 2 is 2.00 bits per heavy atom. The van der Waals surface area contributed by atoms with Crippen molar-refractivity contribution in [2.75, 3.05) is 6.61 Å². The molecule has 1 atom stereocenters. The number of ether oxygens (including phenoxy) is 1. The molecule has 21 heavy (non-hydrogen) atoms. The highest BCUT2D eigenvalue weighted by Gasteiger charge is 2.08. The van der Waals surface area contributed by atoms with Crippen LogP contribution in [0.25, 0.3) is 0 Å². The summed E-state index contributed by atoms with van der Waals surface area (Å²) in [5.74, 6) is 0.953. The number of aromatic nitrogens is 1. The monoisotopic (exact) mass is 348 g/mol. The zero-order valence-electron chi connectivity index (χ0n) is 12.5. The van der Waals surface area contributed by atoms with E-state index in [0.29, 0.717) is 0 Å². The molecule has 0 aliphatic carbocycles. The summed E-state index contributed by atoms with van der Waals surface area (Å²) in [5, 5.41) is 3.53.